The molecule has 0 unspecified atom stereocenters. The van der Waals surface area contributed by atoms with Gasteiger partial charge in [-0.3, -0.25) is 4.79 Å². The second kappa shape index (κ2) is 8.50. The third-order valence-electron chi connectivity index (χ3n) is 4.59. The van der Waals surface area contributed by atoms with Crippen molar-refractivity contribution in [3.63, 3.8) is 0 Å². The van der Waals surface area contributed by atoms with Gasteiger partial charge in [-0.25, -0.2) is 9.37 Å². The smallest absolute Gasteiger partial charge is 0.230 e. The number of hydrogen-bond donors (Lipinski definition) is 1. The van der Waals surface area contributed by atoms with Gasteiger partial charge in [0.1, 0.15) is 16.5 Å². The van der Waals surface area contributed by atoms with Crippen molar-refractivity contribution >= 4 is 22.9 Å². The summed E-state index contributed by atoms with van der Waals surface area (Å²) in [5, 5.41) is 16.6. The van der Waals surface area contributed by atoms with E-state index in [0.29, 0.717) is 17.2 Å². The molecule has 1 amide bonds. The highest BCUT2D eigenvalue weighted by atomic mass is 32.1. The molecule has 2 aromatic carbocycles. The molecule has 30 heavy (non-hydrogen) atoms. The van der Waals surface area contributed by atoms with Gasteiger partial charge >= 0.3 is 0 Å². The van der Waals surface area contributed by atoms with E-state index in [2.05, 4.69) is 44.9 Å². The molecule has 0 radical (unpaired) electrons. The van der Waals surface area contributed by atoms with E-state index in [1.165, 1.54) is 39.8 Å². The first-order valence-corrected chi connectivity index (χ1v) is 10.3. The van der Waals surface area contributed by atoms with Crippen molar-refractivity contribution in [2.75, 3.05) is 5.32 Å². The summed E-state index contributed by atoms with van der Waals surface area (Å²) < 4.78 is 15.5. The normalized spacial score (nSPS) is 10.9. The molecule has 9 heteroatoms. The maximum Gasteiger partial charge on any atom is 0.230 e. The lowest BCUT2D eigenvalue weighted by Crippen LogP contribution is -2.15. The van der Waals surface area contributed by atoms with E-state index >= 15 is 0 Å². The van der Waals surface area contributed by atoms with E-state index in [0.717, 1.165) is 17.0 Å². The van der Waals surface area contributed by atoms with Crippen molar-refractivity contribution in [3.8, 4) is 16.3 Å². The zero-order valence-corrected chi connectivity index (χ0v) is 17.3. The third kappa shape index (κ3) is 4.25. The Morgan fingerprint density at radius 2 is 2.00 bits per heavy atom. The van der Waals surface area contributed by atoms with Crippen LogP contribution in [0.25, 0.3) is 16.3 Å². The Morgan fingerprint density at radius 1 is 1.20 bits per heavy atom. The van der Waals surface area contributed by atoms with Crippen LogP contribution in [0.4, 0.5) is 10.1 Å². The van der Waals surface area contributed by atoms with E-state index in [1.807, 2.05) is 17.5 Å². The molecule has 0 aliphatic rings. The van der Waals surface area contributed by atoms with Gasteiger partial charge in [-0.2, -0.15) is 4.68 Å². The number of thiazole rings is 1. The van der Waals surface area contributed by atoms with Crippen LogP contribution >= 0.6 is 11.3 Å². The van der Waals surface area contributed by atoms with E-state index in [4.69, 9.17) is 0 Å². The number of anilines is 1. The molecule has 4 rings (SSSR count). The fourth-order valence-electron chi connectivity index (χ4n) is 2.98. The SMILES string of the molecule is CCc1ccc(-c2nc(CC(=O)Nc3ccc(F)c(-n4nnnc4C)c3)cs2)cc1. The monoisotopic (exact) mass is 422 g/mol. The Kier molecular flexibility index (Phi) is 5.62. The molecule has 2 heterocycles. The lowest BCUT2D eigenvalue weighted by Gasteiger charge is -2.08. The van der Waals surface area contributed by atoms with Gasteiger partial charge in [0.15, 0.2) is 5.82 Å². The quantitative estimate of drug-likeness (QED) is 0.508. The van der Waals surface area contributed by atoms with Crippen LogP contribution in [0.3, 0.4) is 0 Å². The minimum atomic E-state index is -0.485. The number of carbonyl (C=O) groups excluding carboxylic acids is 1. The number of carbonyl (C=O) groups is 1. The van der Waals surface area contributed by atoms with Crippen molar-refractivity contribution in [3.05, 3.63) is 70.7 Å². The minimum absolute atomic E-state index is 0.125. The maximum absolute atomic E-state index is 14.2. The number of amides is 1. The van der Waals surface area contributed by atoms with Gasteiger partial charge in [-0.1, -0.05) is 31.2 Å². The first-order valence-electron chi connectivity index (χ1n) is 9.42. The van der Waals surface area contributed by atoms with Gasteiger partial charge in [0.25, 0.3) is 0 Å². The van der Waals surface area contributed by atoms with Crippen LogP contribution in [-0.2, 0) is 17.6 Å². The number of rotatable bonds is 6. The molecule has 7 nitrogen and oxygen atoms in total. The average molecular weight is 422 g/mol. The van der Waals surface area contributed by atoms with Gasteiger partial charge in [0.05, 0.1) is 12.1 Å². The van der Waals surface area contributed by atoms with Crippen LogP contribution in [-0.4, -0.2) is 31.1 Å². The zero-order valence-electron chi connectivity index (χ0n) is 16.5. The van der Waals surface area contributed by atoms with Crippen LogP contribution in [0.1, 0.15) is 24.0 Å². The highest BCUT2D eigenvalue weighted by Crippen LogP contribution is 2.25. The summed E-state index contributed by atoms with van der Waals surface area (Å²) in [6.07, 6.45) is 1.11. The standard InChI is InChI=1S/C21H19FN6OS/c1-3-14-4-6-15(7-5-14)21-24-17(12-30-21)11-20(29)23-16-8-9-18(22)19(10-16)28-13(2)25-26-27-28/h4-10,12H,3,11H2,1-2H3,(H,23,29). The highest BCUT2D eigenvalue weighted by molar-refractivity contribution is 7.13. The van der Waals surface area contributed by atoms with Gasteiger partial charge in [-0.05, 0) is 47.5 Å². The summed E-state index contributed by atoms with van der Waals surface area (Å²) in [6, 6.07) is 12.5. The van der Waals surface area contributed by atoms with Crippen molar-refractivity contribution in [1.82, 2.24) is 25.2 Å². The van der Waals surface area contributed by atoms with E-state index in [-0.39, 0.29) is 18.0 Å². The molecule has 2 aromatic heterocycles. The lowest BCUT2D eigenvalue weighted by atomic mass is 10.1. The summed E-state index contributed by atoms with van der Waals surface area (Å²) in [5.41, 5.74) is 3.61. The van der Waals surface area contributed by atoms with E-state index in [9.17, 15) is 9.18 Å². The molecule has 152 valence electrons. The molecular weight excluding hydrogens is 403 g/mol. The summed E-state index contributed by atoms with van der Waals surface area (Å²) >= 11 is 1.50. The Morgan fingerprint density at radius 3 is 2.70 bits per heavy atom. The molecule has 4 aromatic rings. The van der Waals surface area contributed by atoms with Gasteiger partial charge in [0, 0.05) is 16.6 Å². The van der Waals surface area contributed by atoms with Crippen LogP contribution in [0.5, 0.6) is 0 Å². The average Bonchev–Trinajstić information content (AvgIpc) is 3.38. The number of aromatic nitrogens is 5. The predicted molar refractivity (Wildman–Crippen MR) is 113 cm³/mol. The molecule has 0 atom stereocenters. The fraction of sp³-hybridized carbons (Fsp3) is 0.190. The minimum Gasteiger partial charge on any atom is -0.326 e. The highest BCUT2D eigenvalue weighted by Gasteiger charge is 2.13. The van der Waals surface area contributed by atoms with Crippen LogP contribution in [0.15, 0.2) is 47.8 Å². The molecule has 0 spiro atoms. The molecule has 0 saturated heterocycles. The number of halogens is 1. The first-order chi connectivity index (χ1) is 14.5. The summed E-state index contributed by atoms with van der Waals surface area (Å²) in [4.78, 5) is 17.0. The molecular formula is C21H19FN6OS. The number of tetrazole rings is 1. The maximum atomic E-state index is 14.2. The number of benzene rings is 2. The van der Waals surface area contributed by atoms with Crippen molar-refractivity contribution < 1.29 is 9.18 Å². The van der Waals surface area contributed by atoms with Gasteiger partial charge in [0.2, 0.25) is 5.91 Å². The Balaban J connectivity index is 1.45. The van der Waals surface area contributed by atoms with Crippen LogP contribution in [0.2, 0.25) is 0 Å². The van der Waals surface area contributed by atoms with Gasteiger partial charge < -0.3 is 5.32 Å². The molecule has 0 fully saturated rings. The third-order valence-corrected chi connectivity index (χ3v) is 5.53. The summed E-state index contributed by atoms with van der Waals surface area (Å²) in [5.74, 6) is -0.278. The second-order valence-electron chi connectivity index (χ2n) is 6.72. The summed E-state index contributed by atoms with van der Waals surface area (Å²) in [6.45, 7) is 3.78. The topological polar surface area (TPSA) is 85.6 Å². The number of nitrogens with one attached hydrogen (secondary N) is 1. The number of aryl methyl sites for hydroxylation is 2. The Bertz CT molecular complexity index is 1180. The van der Waals surface area contributed by atoms with Crippen molar-refractivity contribution in [2.45, 2.75) is 26.7 Å². The number of hydrogen-bond acceptors (Lipinski definition) is 6. The summed E-state index contributed by atoms with van der Waals surface area (Å²) in [7, 11) is 0. The second-order valence-corrected chi connectivity index (χ2v) is 7.58. The Hall–Kier alpha value is -3.46. The fourth-order valence-corrected chi connectivity index (χ4v) is 3.81. The van der Waals surface area contributed by atoms with Crippen molar-refractivity contribution in [1.29, 1.82) is 0 Å². The molecule has 0 aliphatic carbocycles. The van der Waals surface area contributed by atoms with E-state index < -0.39 is 5.82 Å². The zero-order chi connectivity index (χ0) is 21.1. The molecule has 0 bridgehead atoms. The Labute approximate surface area is 176 Å². The molecule has 1 N–H and O–H groups in total. The van der Waals surface area contributed by atoms with E-state index in [1.54, 1.807) is 6.92 Å². The van der Waals surface area contributed by atoms with Crippen LogP contribution < -0.4 is 5.32 Å². The molecule has 0 aliphatic heterocycles. The molecule has 0 saturated carbocycles. The number of nitrogens with zero attached hydrogens (tertiary/aromatic N) is 5. The first kappa shape index (κ1) is 19.8. The van der Waals surface area contributed by atoms with Gasteiger partial charge in [-0.15, -0.1) is 16.4 Å². The lowest BCUT2D eigenvalue weighted by molar-refractivity contribution is -0.115. The largest absolute Gasteiger partial charge is 0.326 e. The predicted octanol–water partition coefficient (Wildman–Crippen LogP) is 3.98. The van der Waals surface area contributed by atoms with Crippen LogP contribution in [0, 0.1) is 12.7 Å². The van der Waals surface area contributed by atoms with Crippen molar-refractivity contribution in [2.24, 2.45) is 0 Å².